The molecule has 192 valence electrons. The van der Waals surface area contributed by atoms with Crippen molar-refractivity contribution in [3.8, 4) is 22.3 Å². The number of likely N-dealkylation sites (tertiary alicyclic amines) is 1. The van der Waals surface area contributed by atoms with E-state index in [4.69, 9.17) is 9.72 Å². The van der Waals surface area contributed by atoms with Crippen molar-refractivity contribution in [2.24, 2.45) is 0 Å². The third-order valence-corrected chi connectivity index (χ3v) is 7.16. The summed E-state index contributed by atoms with van der Waals surface area (Å²) in [6.45, 7) is 7.15. The van der Waals surface area contributed by atoms with Crippen molar-refractivity contribution >= 4 is 22.6 Å². The fraction of sp³-hybridized carbons (Fsp3) is 0.290. The van der Waals surface area contributed by atoms with E-state index in [-0.39, 0.29) is 6.09 Å². The maximum atomic E-state index is 12.4. The van der Waals surface area contributed by atoms with Gasteiger partial charge in [0, 0.05) is 48.2 Å². The van der Waals surface area contributed by atoms with Crippen LogP contribution >= 0.6 is 0 Å². The molecule has 3 aromatic heterocycles. The minimum atomic E-state index is -0.465. The Morgan fingerprint density at radius 3 is 2.42 bits per heavy atom. The second kappa shape index (κ2) is 9.56. The number of aromatic nitrogens is 4. The van der Waals surface area contributed by atoms with Gasteiger partial charge < -0.3 is 9.64 Å². The Labute approximate surface area is 222 Å². The number of hydrogen-bond acceptors (Lipinski definition) is 5. The molecule has 0 N–H and O–H groups in total. The molecule has 38 heavy (non-hydrogen) atoms. The first-order chi connectivity index (χ1) is 18.4. The highest BCUT2D eigenvalue weighted by molar-refractivity contribution is 5.97. The molecule has 1 fully saturated rings. The van der Waals surface area contributed by atoms with Crippen molar-refractivity contribution in [3.05, 3.63) is 84.9 Å². The van der Waals surface area contributed by atoms with Crippen LogP contribution in [0.25, 0.3) is 38.8 Å². The molecule has 0 aliphatic carbocycles. The number of nitrogens with zero attached hydrogens (tertiary/aromatic N) is 5. The number of hydrogen-bond donors (Lipinski definition) is 0. The zero-order valence-corrected chi connectivity index (χ0v) is 22.0. The molecule has 6 rings (SSSR count). The number of ether oxygens (including phenoxy) is 1. The van der Waals surface area contributed by atoms with Crippen LogP contribution in [0.3, 0.4) is 0 Å². The Kier molecular flexibility index (Phi) is 6.06. The molecule has 0 radical (unpaired) electrons. The molecule has 0 atom stereocenters. The van der Waals surface area contributed by atoms with Gasteiger partial charge in [0.1, 0.15) is 5.60 Å². The lowest BCUT2D eigenvalue weighted by Gasteiger charge is -2.33. The van der Waals surface area contributed by atoms with Gasteiger partial charge in [-0.25, -0.2) is 14.3 Å². The molecule has 4 heterocycles. The predicted molar refractivity (Wildman–Crippen MR) is 149 cm³/mol. The zero-order chi connectivity index (χ0) is 26.3. The van der Waals surface area contributed by atoms with Crippen LogP contribution in [-0.2, 0) is 4.74 Å². The topological polar surface area (TPSA) is 72.6 Å². The van der Waals surface area contributed by atoms with Gasteiger partial charge in [-0.3, -0.25) is 4.98 Å². The van der Waals surface area contributed by atoms with E-state index in [0.29, 0.717) is 5.92 Å². The third-order valence-electron chi connectivity index (χ3n) is 7.16. The van der Waals surface area contributed by atoms with E-state index < -0.39 is 5.60 Å². The Morgan fingerprint density at radius 2 is 1.66 bits per heavy atom. The fourth-order valence-corrected chi connectivity index (χ4v) is 5.21. The van der Waals surface area contributed by atoms with E-state index in [1.54, 1.807) is 0 Å². The summed E-state index contributed by atoms with van der Waals surface area (Å²) in [4.78, 5) is 23.5. The first-order valence-electron chi connectivity index (χ1n) is 13.1. The fourth-order valence-electron chi connectivity index (χ4n) is 5.21. The van der Waals surface area contributed by atoms with E-state index >= 15 is 0 Å². The summed E-state index contributed by atoms with van der Waals surface area (Å²) in [5.41, 5.74) is 6.79. The lowest BCUT2D eigenvalue weighted by molar-refractivity contribution is 0.0205. The number of carbonyl (C=O) groups is 1. The van der Waals surface area contributed by atoms with Gasteiger partial charge in [-0.1, -0.05) is 42.5 Å². The van der Waals surface area contributed by atoms with Crippen LogP contribution in [0.5, 0.6) is 0 Å². The van der Waals surface area contributed by atoms with E-state index in [9.17, 15) is 4.79 Å². The second-order valence-electron chi connectivity index (χ2n) is 10.9. The van der Waals surface area contributed by atoms with Crippen LogP contribution in [0.15, 0.2) is 79.4 Å². The van der Waals surface area contributed by atoms with Crippen LogP contribution < -0.4 is 0 Å². The van der Waals surface area contributed by atoms with Gasteiger partial charge in [0.2, 0.25) is 0 Å². The number of pyridine rings is 1. The smallest absolute Gasteiger partial charge is 0.410 e. The van der Waals surface area contributed by atoms with E-state index in [0.717, 1.165) is 64.7 Å². The SMILES string of the molecule is CC(C)(C)OC(=O)N1CCC(c2ccc(-c3cnc4c(-c5ccnc6ccccc56)cnn4c3)cc2)CC1. The average molecular weight is 506 g/mol. The second-order valence-corrected chi connectivity index (χ2v) is 10.9. The summed E-state index contributed by atoms with van der Waals surface area (Å²) in [5.74, 6) is 0.437. The number of rotatable bonds is 3. The van der Waals surface area contributed by atoms with E-state index in [2.05, 4.69) is 40.4 Å². The van der Waals surface area contributed by atoms with Gasteiger partial charge in [-0.05, 0) is 68.4 Å². The minimum Gasteiger partial charge on any atom is -0.444 e. The molecule has 1 aliphatic heterocycles. The number of piperidine rings is 1. The van der Waals surface area contributed by atoms with Crippen LogP contribution in [0.1, 0.15) is 45.1 Å². The molecule has 2 aromatic carbocycles. The molecular weight excluding hydrogens is 474 g/mol. The number of benzene rings is 2. The van der Waals surface area contributed by atoms with E-state index in [1.807, 2.05) is 79.2 Å². The number of carbonyl (C=O) groups excluding carboxylic acids is 1. The highest BCUT2D eigenvalue weighted by Crippen LogP contribution is 2.32. The normalized spacial score (nSPS) is 14.8. The third kappa shape index (κ3) is 4.72. The molecule has 5 aromatic rings. The van der Waals surface area contributed by atoms with Crippen LogP contribution in [-0.4, -0.2) is 49.3 Å². The van der Waals surface area contributed by atoms with Gasteiger partial charge in [0.15, 0.2) is 5.65 Å². The minimum absolute atomic E-state index is 0.215. The summed E-state index contributed by atoms with van der Waals surface area (Å²) < 4.78 is 7.38. The lowest BCUT2D eigenvalue weighted by atomic mass is 9.89. The van der Waals surface area contributed by atoms with Crippen LogP contribution in [0.2, 0.25) is 0 Å². The zero-order valence-electron chi connectivity index (χ0n) is 22.0. The largest absolute Gasteiger partial charge is 0.444 e. The summed E-state index contributed by atoms with van der Waals surface area (Å²) in [6, 6.07) is 18.8. The molecule has 1 aliphatic rings. The van der Waals surface area contributed by atoms with Crippen molar-refractivity contribution in [1.82, 2.24) is 24.5 Å². The summed E-state index contributed by atoms with van der Waals surface area (Å²) in [6.07, 6.45) is 9.31. The van der Waals surface area contributed by atoms with Gasteiger partial charge in [0.05, 0.1) is 11.7 Å². The summed E-state index contributed by atoms with van der Waals surface area (Å²) >= 11 is 0. The molecule has 7 heteroatoms. The average Bonchev–Trinajstić information content (AvgIpc) is 3.35. The monoisotopic (exact) mass is 505 g/mol. The first-order valence-corrected chi connectivity index (χ1v) is 13.1. The van der Waals surface area contributed by atoms with Crippen molar-refractivity contribution in [2.75, 3.05) is 13.1 Å². The Morgan fingerprint density at radius 1 is 0.895 bits per heavy atom. The van der Waals surface area contributed by atoms with Gasteiger partial charge >= 0.3 is 6.09 Å². The summed E-state index contributed by atoms with van der Waals surface area (Å²) in [5, 5.41) is 5.70. The standard InChI is InChI=1S/C31H31N5O2/c1-31(2,3)38-30(37)35-16-13-23(14-17-35)21-8-10-22(11-9-21)24-18-33-29-27(19-34-36(29)20-24)25-12-15-32-28-7-5-4-6-26(25)28/h4-12,15,18-20,23H,13-14,16-17H2,1-3H3. The lowest BCUT2D eigenvalue weighted by Crippen LogP contribution is -2.41. The maximum absolute atomic E-state index is 12.4. The van der Waals surface area contributed by atoms with Crippen LogP contribution in [0, 0.1) is 0 Å². The van der Waals surface area contributed by atoms with Gasteiger partial charge in [-0.2, -0.15) is 5.10 Å². The quantitative estimate of drug-likeness (QED) is 0.272. The van der Waals surface area contributed by atoms with Crippen molar-refractivity contribution in [3.63, 3.8) is 0 Å². The Hall–Kier alpha value is -4.26. The maximum Gasteiger partial charge on any atom is 0.410 e. The predicted octanol–water partition coefficient (Wildman–Crippen LogP) is 6.73. The van der Waals surface area contributed by atoms with Gasteiger partial charge in [-0.15, -0.1) is 0 Å². The molecular formula is C31H31N5O2. The molecule has 1 saturated heterocycles. The number of fused-ring (bicyclic) bond motifs is 2. The molecule has 0 saturated carbocycles. The van der Waals surface area contributed by atoms with Crippen molar-refractivity contribution in [2.45, 2.75) is 45.1 Å². The molecule has 1 amide bonds. The van der Waals surface area contributed by atoms with Crippen molar-refractivity contribution < 1.29 is 9.53 Å². The number of para-hydroxylation sites is 1. The van der Waals surface area contributed by atoms with Crippen LogP contribution in [0.4, 0.5) is 4.79 Å². The van der Waals surface area contributed by atoms with Crippen molar-refractivity contribution in [1.29, 1.82) is 0 Å². The first kappa shape index (κ1) is 24.1. The Balaban J connectivity index is 1.18. The Bertz CT molecular complexity index is 1600. The molecule has 7 nitrogen and oxygen atoms in total. The highest BCUT2D eigenvalue weighted by Gasteiger charge is 2.27. The number of amides is 1. The molecule has 0 unspecified atom stereocenters. The highest BCUT2D eigenvalue weighted by atomic mass is 16.6. The molecule has 0 spiro atoms. The summed E-state index contributed by atoms with van der Waals surface area (Å²) in [7, 11) is 0. The molecule has 0 bridgehead atoms. The van der Waals surface area contributed by atoms with Gasteiger partial charge in [0.25, 0.3) is 0 Å². The van der Waals surface area contributed by atoms with E-state index in [1.165, 1.54) is 5.56 Å².